The summed E-state index contributed by atoms with van der Waals surface area (Å²) in [6, 6.07) is 8.38. The Hall–Kier alpha value is -2.84. The Morgan fingerprint density at radius 3 is 2.63 bits per heavy atom. The summed E-state index contributed by atoms with van der Waals surface area (Å²) in [5.41, 5.74) is 5.73. The van der Waals surface area contributed by atoms with Crippen LogP contribution < -0.4 is 15.8 Å². The van der Waals surface area contributed by atoms with Gasteiger partial charge in [-0.25, -0.2) is 4.98 Å². The number of benzene rings is 1. The number of hydrogen-bond acceptors (Lipinski definition) is 5. The largest absolute Gasteiger partial charge is 0.478 e. The lowest BCUT2D eigenvalue weighted by atomic mass is 10.1. The first-order valence-corrected chi connectivity index (χ1v) is 9.20. The number of aromatic nitrogens is 2. The Kier molecular flexibility index (Phi) is 5.20. The van der Waals surface area contributed by atoms with Gasteiger partial charge >= 0.3 is 0 Å². The van der Waals surface area contributed by atoms with Crippen LogP contribution in [0.5, 0.6) is 5.75 Å². The lowest BCUT2D eigenvalue weighted by Crippen LogP contribution is -2.42. The van der Waals surface area contributed by atoms with Crippen molar-refractivity contribution in [1.82, 2.24) is 9.97 Å². The lowest BCUT2D eigenvalue weighted by Gasteiger charge is -2.24. The fourth-order valence-corrected chi connectivity index (χ4v) is 3.08. The van der Waals surface area contributed by atoms with Gasteiger partial charge in [-0.2, -0.15) is 0 Å². The minimum atomic E-state index is -1.12. The minimum Gasteiger partial charge on any atom is -0.478 e. The third-order valence-electron chi connectivity index (χ3n) is 3.70. The van der Waals surface area contributed by atoms with Gasteiger partial charge in [0.2, 0.25) is 0 Å². The number of halogens is 1. The molecule has 0 atom stereocenters. The fourth-order valence-electron chi connectivity index (χ4n) is 2.24. The predicted octanol–water partition coefficient (Wildman–Crippen LogP) is 3.69. The number of ether oxygens (including phenoxy) is 1. The number of anilines is 1. The van der Waals surface area contributed by atoms with Crippen LogP contribution >= 0.6 is 22.9 Å². The Bertz CT molecular complexity index is 979. The zero-order valence-corrected chi connectivity index (χ0v) is 16.1. The second-order valence-electron chi connectivity index (χ2n) is 6.22. The second-order valence-corrected chi connectivity index (χ2v) is 7.52. The summed E-state index contributed by atoms with van der Waals surface area (Å²) < 4.78 is 5.76. The van der Waals surface area contributed by atoms with Crippen molar-refractivity contribution in [2.75, 3.05) is 5.32 Å². The summed E-state index contributed by atoms with van der Waals surface area (Å²) in [5.74, 6) is -0.359. The van der Waals surface area contributed by atoms with Gasteiger partial charge in [-0.15, -0.1) is 11.3 Å². The van der Waals surface area contributed by atoms with E-state index in [1.807, 2.05) is 0 Å². The molecule has 2 amide bonds. The molecule has 0 aliphatic rings. The van der Waals surface area contributed by atoms with Crippen LogP contribution in [-0.4, -0.2) is 27.4 Å². The number of aromatic amines is 1. The molecular weight excluding hydrogens is 388 g/mol. The van der Waals surface area contributed by atoms with Crippen LogP contribution in [0.2, 0.25) is 5.02 Å². The van der Waals surface area contributed by atoms with Gasteiger partial charge in [0.15, 0.2) is 10.7 Å². The quantitative estimate of drug-likeness (QED) is 0.581. The third-order valence-corrected chi connectivity index (χ3v) is 4.71. The highest BCUT2D eigenvalue weighted by atomic mass is 35.5. The van der Waals surface area contributed by atoms with Crippen LogP contribution in [0.25, 0.3) is 11.3 Å². The molecular formula is C18H17ClN4O3S. The standard InChI is InChI=1S/C18H17ClN4O3S/c1-18(2,26-12-5-3-11(19)4-6-12)16(25)23-17-22-14(9-27-17)10-7-13(15(20)24)21-8-10/h3-9,21H,1-2H3,(H2,20,24)(H,22,23,25). The highest BCUT2D eigenvalue weighted by molar-refractivity contribution is 7.14. The summed E-state index contributed by atoms with van der Waals surface area (Å²) in [4.78, 5) is 30.9. The molecule has 140 valence electrons. The van der Waals surface area contributed by atoms with Crippen molar-refractivity contribution in [3.8, 4) is 17.0 Å². The Labute approximate surface area is 164 Å². The summed E-state index contributed by atoms with van der Waals surface area (Å²) in [5, 5.41) is 5.53. The van der Waals surface area contributed by atoms with Crippen molar-refractivity contribution < 1.29 is 14.3 Å². The Morgan fingerprint density at radius 1 is 1.30 bits per heavy atom. The average Bonchev–Trinajstić information content (AvgIpc) is 3.25. The number of rotatable bonds is 6. The van der Waals surface area contributed by atoms with Crippen molar-refractivity contribution in [3.05, 3.63) is 52.6 Å². The number of nitrogens with two attached hydrogens (primary N) is 1. The average molecular weight is 405 g/mol. The van der Waals surface area contributed by atoms with Crippen LogP contribution in [0, 0.1) is 0 Å². The number of nitrogens with zero attached hydrogens (tertiary/aromatic N) is 1. The molecule has 0 aliphatic heterocycles. The molecule has 0 saturated heterocycles. The van der Waals surface area contributed by atoms with Gasteiger partial charge in [-0.1, -0.05) is 11.6 Å². The van der Waals surface area contributed by atoms with Gasteiger partial charge in [-0.3, -0.25) is 14.9 Å². The molecule has 3 rings (SSSR count). The van der Waals surface area contributed by atoms with E-state index in [2.05, 4.69) is 15.3 Å². The smallest absolute Gasteiger partial charge is 0.269 e. The minimum absolute atomic E-state index is 0.293. The van der Waals surface area contributed by atoms with Crippen molar-refractivity contribution in [3.63, 3.8) is 0 Å². The molecule has 0 radical (unpaired) electrons. The lowest BCUT2D eigenvalue weighted by molar-refractivity contribution is -0.128. The van der Waals surface area contributed by atoms with Gasteiger partial charge in [0, 0.05) is 22.2 Å². The Balaban J connectivity index is 1.69. The number of amides is 2. The summed E-state index contributed by atoms with van der Waals surface area (Å²) in [6.45, 7) is 3.33. The van der Waals surface area contributed by atoms with Crippen molar-refractivity contribution in [1.29, 1.82) is 0 Å². The van der Waals surface area contributed by atoms with Gasteiger partial charge in [0.1, 0.15) is 11.4 Å². The molecule has 9 heteroatoms. The van der Waals surface area contributed by atoms with Crippen molar-refractivity contribution in [2.24, 2.45) is 5.73 Å². The number of carbonyl (C=O) groups excluding carboxylic acids is 2. The van der Waals surface area contributed by atoms with Gasteiger partial charge in [-0.05, 0) is 44.2 Å². The monoisotopic (exact) mass is 404 g/mol. The first kappa shape index (κ1) is 18.9. The molecule has 7 nitrogen and oxygen atoms in total. The van der Waals surface area contributed by atoms with E-state index in [4.69, 9.17) is 22.1 Å². The molecule has 0 fully saturated rings. The molecule has 0 bridgehead atoms. The zero-order valence-electron chi connectivity index (χ0n) is 14.6. The van der Waals surface area contributed by atoms with E-state index in [0.717, 1.165) is 0 Å². The highest BCUT2D eigenvalue weighted by Crippen LogP contribution is 2.27. The maximum Gasteiger partial charge on any atom is 0.269 e. The van der Waals surface area contributed by atoms with Crippen LogP contribution in [-0.2, 0) is 4.79 Å². The van der Waals surface area contributed by atoms with Gasteiger partial charge in [0.05, 0.1) is 5.69 Å². The summed E-state index contributed by atoms with van der Waals surface area (Å²) in [6.07, 6.45) is 1.63. The molecule has 3 aromatic rings. The SMILES string of the molecule is CC(C)(Oc1ccc(Cl)cc1)C(=O)Nc1nc(-c2c[nH]c(C(N)=O)c2)cs1. The van der Waals surface area contributed by atoms with E-state index in [1.54, 1.807) is 55.8 Å². The van der Waals surface area contributed by atoms with E-state index in [9.17, 15) is 9.59 Å². The van der Waals surface area contributed by atoms with Crippen LogP contribution in [0.15, 0.2) is 41.9 Å². The molecule has 0 spiro atoms. The van der Waals surface area contributed by atoms with Gasteiger partial charge in [0.25, 0.3) is 11.8 Å². The molecule has 27 heavy (non-hydrogen) atoms. The maximum atomic E-state index is 12.6. The van der Waals surface area contributed by atoms with Crippen molar-refractivity contribution in [2.45, 2.75) is 19.4 Å². The summed E-state index contributed by atoms with van der Waals surface area (Å²) in [7, 11) is 0. The normalized spacial score (nSPS) is 11.2. The molecule has 0 saturated carbocycles. The number of primary amides is 1. The van der Waals surface area contributed by atoms with E-state index in [1.165, 1.54) is 11.3 Å². The number of nitrogens with one attached hydrogen (secondary N) is 2. The molecule has 4 N–H and O–H groups in total. The van der Waals surface area contributed by atoms with Crippen LogP contribution in [0.4, 0.5) is 5.13 Å². The maximum absolute atomic E-state index is 12.6. The van der Waals surface area contributed by atoms with E-state index in [-0.39, 0.29) is 5.91 Å². The Morgan fingerprint density at radius 2 is 2.00 bits per heavy atom. The fraction of sp³-hybridized carbons (Fsp3) is 0.167. The number of carbonyl (C=O) groups is 2. The number of H-pyrrole nitrogens is 1. The van der Waals surface area contributed by atoms with Crippen LogP contribution in [0.3, 0.4) is 0 Å². The molecule has 2 aromatic heterocycles. The molecule has 0 aliphatic carbocycles. The van der Waals surface area contributed by atoms with Crippen molar-refractivity contribution >= 4 is 39.9 Å². The van der Waals surface area contributed by atoms with E-state index in [0.29, 0.717) is 32.9 Å². The molecule has 2 heterocycles. The molecule has 1 aromatic carbocycles. The first-order valence-electron chi connectivity index (χ1n) is 7.95. The topological polar surface area (TPSA) is 110 Å². The first-order chi connectivity index (χ1) is 12.7. The summed E-state index contributed by atoms with van der Waals surface area (Å²) >= 11 is 7.12. The third kappa shape index (κ3) is 4.47. The predicted molar refractivity (Wildman–Crippen MR) is 105 cm³/mol. The van der Waals surface area contributed by atoms with Crippen LogP contribution in [0.1, 0.15) is 24.3 Å². The van der Waals surface area contributed by atoms with Gasteiger partial charge < -0.3 is 15.5 Å². The van der Waals surface area contributed by atoms with E-state index >= 15 is 0 Å². The number of hydrogen-bond donors (Lipinski definition) is 3. The number of thiazole rings is 1. The van der Waals surface area contributed by atoms with E-state index < -0.39 is 11.5 Å². The highest BCUT2D eigenvalue weighted by Gasteiger charge is 2.30. The second kappa shape index (κ2) is 7.42. The molecule has 0 unspecified atom stereocenters. The zero-order chi connectivity index (χ0) is 19.6.